The van der Waals surface area contributed by atoms with Gasteiger partial charge in [0, 0.05) is 5.25 Å². The lowest BCUT2D eigenvalue weighted by Gasteiger charge is -1.86. The largest absolute Gasteiger partial charge is 0.250 e. The van der Waals surface area contributed by atoms with E-state index in [-0.39, 0.29) is 11.9 Å². The van der Waals surface area contributed by atoms with Crippen LogP contribution in [0.5, 0.6) is 0 Å². The van der Waals surface area contributed by atoms with Crippen molar-refractivity contribution in [2.75, 3.05) is 6.67 Å². The molecule has 0 aliphatic rings. The smallest absolute Gasteiger partial charge is 0.101 e. The standard InChI is InChI=1S/C3H7FS/c1-3(5)2-4/h3,5H,2H2,1H3/t3-/m1/s1. The molecule has 0 radical (unpaired) electrons. The summed E-state index contributed by atoms with van der Waals surface area (Å²) in [5.74, 6) is 0. The molecular formula is C3H7FS. The Bertz CT molecular complexity index is 20.9. The molecule has 0 aromatic heterocycles. The van der Waals surface area contributed by atoms with Gasteiger partial charge in [-0.3, -0.25) is 0 Å². The monoisotopic (exact) mass is 94.0 g/mol. The van der Waals surface area contributed by atoms with Gasteiger partial charge in [-0.25, -0.2) is 4.39 Å². The van der Waals surface area contributed by atoms with Gasteiger partial charge < -0.3 is 0 Å². The van der Waals surface area contributed by atoms with Crippen molar-refractivity contribution in [1.82, 2.24) is 0 Å². The van der Waals surface area contributed by atoms with Crippen LogP contribution >= 0.6 is 12.6 Å². The maximum atomic E-state index is 11.0. The number of halogens is 1. The molecule has 0 bridgehead atoms. The lowest BCUT2D eigenvalue weighted by Crippen LogP contribution is -1.89. The second kappa shape index (κ2) is 2.51. The molecule has 0 saturated carbocycles. The summed E-state index contributed by atoms with van der Waals surface area (Å²) in [6.07, 6.45) is 0. The Morgan fingerprint density at radius 1 is 2.00 bits per heavy atom. The second-order valence-electron chi connectivity index (χ2n) is 1.00. The summed E-state index contributed by atoms with van der Waals surface area (Å²) >= 11 is 3.72. The van der Waals surface area contributed by atoms with Gasteiger partial charge in [-0.15, -0.1) is 0 Å². The van der Waals surface area contributed by atoms with Crippen molar-refractivity contribution < 1.29 is 4.39 Å². The van der Waals surface area contributed by atoms with E-state index in [1.807, 2.05) is 0 Å². The maximum absolute atomic E-state index is 11.0. The van der Waals surface area contributed by atoms with Gasteiger partial charge in [0.2, 0.25) is 0 Å². The fourth-order valence-corrected chi connectivity index (χ4v) is 0. The number of alkyl halides is 1. The highest BCUT2D eigenvalue weighted by Gasteiger charge is 1.84. The highest BCUT2D eigenvalue weighted by atomic mass is 32.1. The van der Waals surface area contributed by atoms with E-state index in [4.69, 9.17) is 0 Å². The summed E-state index contributed by atoms with van der Waals surface area (Å²) in [5, 5.41) is -0.0880. The lowest BCUT2D eigenvalue weighted by atomic mass is 10.5. The van der Waals surface area contributed by atoms with Crippen molar-refractivity contribution in [1.29, 1.82) is 0 Å². The second-order valence-corrected chi connectivity index (χ2v) is 1.88. The van der Waals surface area contributed by atoms with E-state index in [1.165, 1.54) is 0 Å². The average Bonchev–Trinajstić information content (AvgIpc) is 1.38. The van der Waals surface area contributed by atoms with Crippen LogP contribution in [-0.2, 0) is 0 Å². The van der Waals surface area contributed by atoms with E-state index in [0.717, 1.165) is 0 Å². The third-order valence-corrected chi connectivity index (χ3v) is 0.361. The summed E-state index contributed by atoms with van der Waals surface area (Å²) < 4.78 is 11.0. The van der Waals surface area contributed by atoms with Crippen LogP contribution in [-0.4, -0.2) is 11.9 Å². The number of hydrogen-bond acceptors (Lipinski definition) is 1. The van der Waals surface area contributed by atoms with Crippen LogP contribution in [0.25, 0.3) is 0 Å². The summed E-state index contributed by atoms with van der Waals surface area (Å²) in [6, 6.07) is 0. The van der Waals surface area contributed by atoms with Gasteiger partial charge in [0.05, 0.1) is 0 Å². The fourth-order valence-electron chi connectivity index (χ4n) is 0. The highest BCUT2D eigenvalue weighted by Crippen LogP contribution is 1.89. The molecule has 0 N–H and O–H groups in total. The number of hydrogen-bond donors (Lipinski definition) is 1. The van der Waals surface area contributed by atoms with Gasteiger partial charge in [0.1, 0.15) is 6.67 Å². The Hall–Kier alpha value is 0.280. The summed E-state index contributed by atoms with van der Waals surface area (Å²) in [4.78, 5) is 0. The van der Waals surface area contributed by atoms with E-state index in [0.29, 0.717) is 0 Å². The van der Waals surface area contributed by atoms with Gasteiger partial charge in [-0.1, -0.05) is 6.92 Å². The predicted molar refractivity (Wildman–Crippen MR) is 24.4 cm³/mol. The Balaban J connectivity index is 2.54. The van der Waals surface area contributed by atoms with E-state index in [2.05, 4.69) is 12.6 Å². The predicted octanol–water partition coefficient (Wildman–Crippen LogP) is 1.27. The molecule has 0 aliphatic carbocycles. The molecule has 0 nitrogen and oxygen atoms in total. The summed E-state index contributed by atoms with van der Waals surface area (Å²) in [5.41, 5.74) is 0. The fraction of sp³-hybridized carbons (Fsp3) is 1.00. The molecule has 32 valence electrons. The Labute approximate surface area is 36.8 Å². The normalized spacial score (nSPS) is 15.0. The van der Waals surface area contributed by atoms with Gasteiger partial charge in [-0.05, 0) is 0 Å². The van der Waals surface area contributed by atoms with Crippen LogP contribution in [0, 0.1) is 0 Å². The Kier molecular flexibility index (Phi) is 2.65. The van der Waals surface area contributed by atoms with Crippen LogP contribution in [0.3, 0.4) is 0 Å². The van der Waals surface area contributed by atoms with Gasteiger partial charge in [-0.2, -0.15) is 12.6 Å². The van der Waals surface area contributed by atoms with Crippen molar-refractivity contribution in [3.05, 3.63) is 0 Å². The van der Waals surface area contributed by atoms with Crippen LogP contribution in [0.2, 0.25) is 0 Å². The molecule has 1 atom stereocenters. The quantitative estimate of drug-likeness (QED) is 0.465. The molecule has 0 amide bonds. The summed E-state index contributed by atoms with van der Waals surface area (Å²) in [6.45, 7) is 1.38. The molecule has 5 heavy (non-hydrogen) atoms. The molecule has 0 heterocycles. The lowest BCUT2D eigenvalue weighted by molar-refractivity contribution is 0.496. The van der Waals surface area contributed by atoms with Gasteiger partial charge in [0.25, 0.3) is 0 Å². The minimum atomic E-state index is -0.330. The molecule has 0 saturated heterocycles. The van der Waals surface area contributed by atoms with Crippen molar-refractivity contribution in [2.45, 2.75) is 12.2 Å². The van der Waals surface area contributed by atoms with E-state index < -0.39 is 0 Å². The van der Waals surface area contributed by atoms with E-state index in [9.17, 15) is 4.39 Å². The molecule has 0 aromatic carbocycles. The van der Waals surface area contributed by atoms with E-state index in [1.54, 1.807) is 6.92 Å². The summed E-state index contributed by atoms with van der Waals surface area (Å²) in [7, 11) is 0. The highest BCUT2D eigenvalue weighted by molar-refractivity contribution is 7.80. The van der Waals surface area contributed by atoms with Crippen LogP contribution < -0.4 is 0 Å². The number of rotatable bonds is 1. The molecule has 0 aromatic rings. The maximum Gasteiger partial charge on any atom is 0.101 e. The first-order chi connectivity index (χ1) is 2.27. The zero-order valence-electron chi connectivity index (χ0n) is 3.11. The van der Waals surface area contributed by atoms with Gasteiger partial charge >= 0.3 is 0 Å². The first-order valence-electron chi connectivity index (χ1n) is 1.51. The SMILES string of the molecule is C[C@@H](S)CF. The minimum Gasteiger partial charge on any atom is -0.250 e. The topological polar surface area (TPSA) is 0 Å². The van der Waals surface area contributed by atoms with Crippen molar-refractivity contribution in [3.8, 4) is 0 Å². The van der Waals surface area contributed by atoms with Crippen molar-refractivity contribution >= 4 is 12.6 Å². The van der Waals surface area contributed by atoms with E-state index >= 15 is 0 Å². The van der Waals surface area contributed by atoms with Crippen molar-refractivity contribution in [3.63, 3.8) is 0 Å². The van der Waals surface area contributed by atoms with Crippen LogP contribution in [0.4, 0.5) is 4.39 Å². The number of thiol groups is 1. The molecule has 2 heteroatoms. The first-order valence-corrected chi connectivity index (χ1v) is 2.03. The Morgan fingerprint density at radius 2 is 2.20 bits per heavy atom. The molecular weight excluding hydrogens is 87.1 g/mol. The molecule has 0 rings (SSSR count). The molecule has 0 spiro atoms. The molecule has 0 aliphatic heterocycles. The van der Waals surface area contributed by atoms with Gasteiger partial charge in [0.15, 0.2) is 0 Å². The van der Waals surface area contributed by atoms with Crippen LogP contribution in [0.1, 0.15) is 6.92 Å². The zero-order valence-corrected chi connectivity index (χ0v) is 4.00. The molecule has 0 unspecified atom stereocenters. The van der Waals surface area contributed by atoms with Crippen LogP contribution in [0.15, 0.2) is 0 Å². The van der Waals surface area contributed by atoms with Crippen molar-refractivity contribution in [2.24, 2.45) is 0 Å². The minimum absolute atomic E-state index is 0.0880. The molecule has 0 fully saturated rings. The zero-order chi connectivity index (χ0) is 4.28. The Morgan fingerprint density at radius 3 is 2.20 bits per heavy atom. The average molecular weight is 94.2 g/mol. The third-order valence-electron chi connectivity index (χ3n) is 0.223. The third kappa shape index (κ3) is 4.28. The first kappa shape index (κ1) is 5.28.